The number of hydrogen-bond acceptors (Lipinski definition) is 2. The molecule has 3 heteroatoms. The summed E-state index contributed by atoms with van der Waals surface area (Å²) in [5.74, 6) is 1.30. The van der Waals surface area contributed by atoms with Crippen LogP contribution in [0, 0.1) is 17.7 Å². The van der Waals surface area contributed by atoms with Gasteiger partial charge in [-0.2, -0.15) is 0 Å². The second kappa shape index (κ2) is 6.19. The molecule has 0 radical (unpaired) electrons. The Morgan fingerprint density at radius 3 is 2.39 bits per heavy atom. The van der Waals surface area contributed by atoms with Gasteiger partial charge in [0, 0.05) is 18.3 Å². The van der Waals surface area contributed by atoms with Gasteiger partial charge < -0.3 is 11.1 Å². The highest BCUT2D eigenvalue weighted by Crippen LogP contribution is 2.31. The number of anilines is 1. The first-order valence-corrected chi connectivity index (χ1v) is 6.91. The van der Waals surface area contributed by atoms with Crippen molar-refractivity contribution in [2.24, 2.45) is 17.6 Å². The van der Waals surface area contributed by atoms with Crippen LogP contribution in [0.15, 0.2) is 24.3 Å². The van der Waals surface area contributed by atoms with Gasteiger partial charge in [-0.3, -0.25) is 0 Å². The van der Waals surface area contributed by atoms with E-state index in [1.807, 2.05) is 0 Å². The zero-order valence-electron chi connectivity index (χ0n) is 11.0. The van der Waals surface area contributed by atoms with Gasteiger partial charge in [-0.25, -0.2) is 4.39 Å². The molecule has 1 aromatic carbocycles. The summed E-state index contributed by atoms with van der Waals surface area (Å²) in [7, 11) is 0. The number of nitrogens with one attached hydrogen (secondary N) is 1. The smallest absolute Gasteiger partial charge is 0.123 e. The van der Waals surface area contributed by atoms with Crippen molar-refractivity contribution in [3.8, 4) is 0 Å². The molecular formula is C15H23FN2. The Bertz CT molecular complexity index is 355. The SMILES string of the molecule is CC1CCC(C(CN)Nc2ccc(F)cc2)CC1. The highest BCUT2D eigenvalue weighted by Gasteiger charge is 2.25. The van der Waals surface area contributed by atoms with Crippen LogP contribution in [0.1, 0.15) is 32.6 Å². The van der Waals surface area contributed by atoms with Crippen LogP contribution in [-0.2, 0) is 0 Å². The minimum absolute atomic E-state index is 0.198. The molecule has 1 saturated carbocycles. The molecule has 0 heterocycles. The van der Waals surface area contributed by atoms with Crippen LogP contribution < -0.4 is 11.1 Å². The second-order valence-corrected chi connectivity index (χ2v) is 5.51. The molecular weight excluding hydrogens is 227 g/mol. The number of benzene rings is 1. The van der Waals surface area contributed by atoms with Crippen LogP contribution in [0.3, 0.4) is 0 Å². The molecule has 2 nitrogen and oxygen atoms in total. The predicted molar refractivity (Wildman–Crippen MR) is 74.0 cm³/mol. The van der Waals surface area contributed by atoms with Crippen molar-refractivity contribution in [1.29, 1.82) is 0 Å². The first kappa shape index (κ1) is 13.3. The summed E-state index contributed by atoms with van der Waals surface area (Å²) in [6, 6.07) is 6.84. The summed E-state index contributed by atoms with van der Waals surface area (Å²) < 4.78 is 12.9. The molecule has 1 unspecified atom stereocenters. The monoisotopic (exact) mass is 250 g/mol. The fourth-order valence-electron chi connectivity index (χ4n) is 2.82. The third-order valence-electron chi connectivity index (χ3n) is 4.08. The highest BCUT2D eigenvalue weighted by atomic mass is 19.1. The van der Waals surface area contributed by atoms with E-state index >= 15 is 0 Å². The third-order valence-corrected chi connectivity index (χ3v) is 4.08. The average molecular weight is 250 g/mol. The average Bonchev–Trinajstić information content (AvgIpc) is 2.39. The first-order chi connectivity index (χ1) is 8.69. The maximum atomic E-state index is 12.9. The van der Waals surface area contributed by atoms with E-state index < -0.39 is 0 Å². The highest BCUT2D eigenvalue weighted by molar-refractivity contribution is 5.44. The lowest BCUT2D eigenvalue weighted by molar-refractivity contribution is 0.265. The van der Waals surface area contributed by atoms with Crippen LogP contribution in [0.5, 0.6) is 0 Å². The molecule has 0 amide bonds. The molecule has 1 aliphatic carbocycles. The van der Waals surface area contributed by atoms with Gasteiger partial charge in [0.1, 0.15) is 5.82 Å². The Labute approximate surface area is 109 Å². The normalized spacial score (nSPS) is 25.7. The Morgan fingerprint density at radius 2 is 1.83 bits per heavy atom. The number of nitrogens with two attached hydrogens (primary N) is 1. The lowest BCUT2D eigenvalue weighted by atomic mass is 9.79. The van der Waals surface area contributed by atoms with Gasteiger partial charge in [0.2, 0.25) is 0 Å². The number of rotatable bonds is 4. The summed E-state index contributed by atoms with van der Waals surface area (Å²) >= 11 is 0. The minimum atomic E-state index is -0.198. The van der Waals surface area contributed by atoms with Crippen LogP contribution in [0.25, 0.3) is 0 Å². The Morgan fingerprint density at radius 1 is 1.22 bits per heavy atom. The largest absolute Gasteiger partial charge is 0.381 e. The molecule has 0 spiro atoms. The molecule has 0 bridgehead atoms. The minimum Gasteiger partial charge on any atom is -0.381 e. The van der Waals surface area contributed by atoms with Crippen molar-refractivity contribution in [1.82, 2.24) is 0 Å². The number of halogens is 1. The van der Waals surface area contributed by atoms with Crippen molar-refractivity contribution in [2.75, 3.05) is 11.9 Å². The van der Waals surface area contributed by atoms with Crippen LogP contribution in [-0.4, -0.2) is 12.6 Å². The van der Waals surface area contributed by atoms with E-state index in [1.165, 1.54) is 37.8 Å². The quantitative estimate of drug-likeness (QED) is 0.859. The summed E-state index contributed by atoms with van der Waals surface area (Å²) in [6.45, 7) is 2.96. The summed E-state index contributed by atoms with van der Waals surface area (Å²) in [4.78, 5) is 0. The molecule has 3 N–H and O–H groups in total. The van der Waals surface area contributed by atoms with Gasteiger partial charge in [0.15, 0.2) is 0 Å². The van der Waals surface area contributed by atoms with E-state index in [-0.39, 0.29) is 5.82 Å². The lowest BCUT2D eigenvalue weighted by Crippen LogP contribution is -2.38. The van der Waals surface area contributed by atoms with Gasteiger partial charge in [-0.05, 0) is 48.9 Å². The van der Waals surface area contributed by atoms with Crippen molar-refractivity contribution in [3.63, 3.8) is 0 Å². The van der Waals surface area contributed by atoms with Gasteiger partial charge in [-0.15, -0.1) is 0 Å². The maximum Gasteiger partial charge on any atom is 0.123 e. The van der Waals surface area contributed by atoms with Crippen LogP contribution in [0.4, 0.5) is 10.1 Å². The zero-order valence-corrected chi connectivity index (χ0v) is 11.0. The van der Waals surface area contributed by atoms with Gasteiger partial charge in [0.05, 0.1) is 0 Å². The Balaban J connectivity index is 1.94. The topological polar surface area (TPSA) is 38.0 Å². The second-order valence-electron chi connectivity index (χ2n) is 5.51. The van der Waals surface area contributed by atoms with E-state index in [9.17, 15) is 4.39 Å². The van der Waals surface area contributed by atoms with Crippen molar-refractivity contribution in [3.05, 3.63) is 30.1 Å². The van der Waals surface area contributed by atoms with Crippen molar-refractivity contribution < 1.29 is 4.39 Å². The van der Waals surface area contributed by atoms with Crippen LogP contribution in [0.2, 0.25) is 0 Å². The van der Waals surface area contributed by atoms with E-state index in [2.05, 4.69) is 12.2 Å². The lowest BCUT2D eigenvalue weighted by Gasteiger charge is -2.33. The zero-order chi connectivity index (χ0) is 13.0. The van der Waals surface area contributed by atoms with E-state index in [0.717, 1.165) is 11.6 Å². The molecule has 0 aromatic heterocycles. The first-order valence-electron chi connectivity index (χ1n) is 6.91. The van der Waals surface area contributed by atoms with Gasteiger partial charge in [-0.1, -0.05) is 19.8 Å². The molecule has 18 heavy (non-hydrogen) atoms. The summed E-state index contributed by atoms with van der Waals surface area (Å²) in [6.07, 6.45) is 5.09. The Kier molecular flexibility index (Phi) is 4.59. The summed E-state index contributed by atoms with van der Waals surface area (Å²) in [5.41, 5.74) is 6.84. The third kappa shape index (κ3) is 3.45. The van der Waals surface area contributed by atoms with Crippen molar-refractivity contribution in [2.45, 2.75) is 38.6 Å². The maximum absolute atomic E-state index is 12.9. The molecule has 1 aliphatic rings. The van der Waals surface area contributed by atoms with Crippen molar-refractivity contribution >= 4 is 5.69 Å². The van der Waals surface area contributed by atoms with Gasteiger partial charge in [0.25, 0.3) is 0 Å². The molecule has 100 valence electrons. The molecule has 1 fully saturated rings. The predicted octanol–water partition coefficient (Wildman–Crippen LogP) is 3.39. The van der Waals surface area contributed by atoms with E-state index in [1.54, 1.807) is 12.1 Å². The van der Waals surface area contributed by atoms with E-state index in [4.69, 9.17) is 5.73 Å². The fraction of sp³-hybridized carbons (Fsp3) is 0.600. The Hall–Kier alpha value is -1.09. The van der Waals surface area contributed by atoms with Crippen LogP contribution >= 0.6 is 0 Å². The molecule has 0 saturated heterocycles. The molecule has 1 aromatic rings. The molecule has 2 rings (SSSR count). The number of hydrogen-bond donors (Lipinski definition) is 2. The fourth-order valence-corrected chi connectivity index (χ4v) is 2.82. The summed E-state index contributed by atoms with van der Waals surface area (Å²) in [5, 5.41) is 3.45. The van der Waals surface area contributed by atoms with E-state index in [0.29, 0.717) is 18.5 Å². The molecule has 1 atom stereocenters. The molecule has 0 aliphatic heterocycles. The van der Waals surface area contributed by atoms with Gasteiger partial charge >= 0.3 is 0 Å². The standard InChI is InChI=1S/C15H23FN2/c1-11-2-4-12(5-3-11)15(10-17)18-14-8-6-13(16)7-9-14/h6-9,11-12,15,18H,2-5,10,17H2,1H3.